The predicted octanol–water partition coefficient (Wildman–Crippen LogP) is 5.51. The molecular weight excluding hydrogens is 346 g/mol. The van der Waals surface area contributed by atoms with E-state index in [9.17, 15) is 4.79 Å². The summed E-state index contributed by atoms with van der Waals surface area (Å²) in [5.41, 5.74) is 7.12. The third kappa shape index (κ3) is 4.11. The Morgan fingerprint density at radius 1 is 1.07 bits per heavy atom. The molecule has 0 saturated heterocycles. The first kappa shape index (κ1) is 18.4. The van der Waals surface area contributed by atoms with E-state index < -0.39 is 0 Å². The number of aryl methyl sites for hydroxylation is 1. The number of pyridine rings is 1. The van der Waals surface area contributed by atoms with Gasteiger partial charge in [-0.2, -0.15) is 5.10 Å². The van der Waals surface area contributed by atoms with Gasteiger partial charge >= 0.3 is 0 Å². The number of para-hydroxylation sites is 1. The predicted molar refractivity (Wildman–Crippen MR) is 114 cm³/mol. The topological polar surface area (TPSA) is 54.4 Å². The minimum absolute atomic E-state index is 0.195. The molecule has 1 aliphatic rings. The quantitative estimate of drug-likeness (QED) is 0.486. The van der Waals surface area contributed by atoms with Crippen molar-refractivity contribution in [2.45, 2.75) is 39.0 Å². The summed E-state index contributed by atoms with van der Waals surface area (Å²) in [7, 11) is 0. The van der Waals surface area contributed by atoms with Crippen LogP contribution in [0.4, 0.5) is 0 Å². The van der Waals surface area contributed by atoms with Gasteiger partial charge in [-0.3, -0.25) is 4.79 Å². The number of carbonyl (C=O) groups is 1. The maximum absolute atomic E-state index is 12.9. The smallest absolute Gasteiger partial charge is 0.267 e. The van der Waals surface area contributed by atoms with E-state index in [-0.39, 0.29) is 5.91 Å². The lowest BCUT2D eigenvalue weighted by atomic mass is 9.90. The van der Waals surface area contributed by atoms with E-state index in [1.54, 1.807) is 0 Å². The molecule has 4 nitrogen and oxygen atoms in total. The molecular formula is C24H25N3O. The van der Waals surface area contributed by atoms with Crippen molar-refractivity contribution in [3.05, 3.63) is 65.7 Å². The lowest BCUT2D eigenvalue weighted by Crippen LogP contribution is -2.20. The van der Waals surface area contributed by atoms with Crippen LogP contribution in [-0.4, -0.2) is 17.1 Å². The first-order chi connectivity index (χ1) is 13.7. The third-order valence-electron chi connectivity index (χ3n) is 5.41. The standard InChI is InChI=1S/C24H25N3O/c1-17-11-13-19(14-12-17)23-15-21(20-9-5-6-10-22(20)26-23)24(28)27-25-16-18-7-3-2-4-8-18/h5-6,9-16,18H,2-4,7-8H2,1H3,(H,27,28). The van der Waals surface area contributed by atoms with Gasteiger partial charge in [-0.15, -0.1) is 0 Å². The van der Waals surface area contributed by atoms with Gasteiger partial charge in [0.15, 0.2) is 0 Å². The Bertz CT molecular complexity index is 1000. The maximum Gasteiger partial charge on any atom is 0.272 e. The maximum atomic E-state index is 12.9. The molecule has 1 heterocycles. The summed E-state index contributed by atoms with van der Waals surface area (Å²) in [6, 6.07) is 17.8. The highest BCUT2D eigenvalue weighted by atomic mass is 16.2. The molecule has 3 aromatic rings. The zero-order valence-corrected chi connectivity index (χ0v) is 16.2. The van der Waals surface area contributed by atoms with Crippen LogP contribution in [0.3, 0.4) is 0 Å². The largest absolute Gasteiger partial charge is 0.272 e. The van der Waals surface area contributed by atoms with Crippen molar-refractivity contribution in [3.8, 4) is 11.3 Å². The number of carbonyl (C=O) groups excluding carboxylic acids is 1. The van der Waals surface area contributed by atoms with Crippen LogP contribution in [0.5, 0.6) is 0 Å². The van der Waals surface area contributed by atoms with E-state index in [2.05, 4.69) is 29.6 Å². The molecule has 0 spiro atoms. The zero-order chi connectivity index (χ0) is 19.3. The Morgan fingerprint density at radius 3 is 2.61 bits per heavy atom. The van der Waals surface area contributed by atoms with Gasteiger partial charge in [0, 0.05) is 17.2 Å². The molecule has 2 aromatic carbocycles. The van der Waals surface area contributed by atoms with Crippen LogP contribution in [-0.2, 0) is 0 Å². The number of hydrogen-bond donors (Lipinski definition) is 1. The molecule has 1 N–H and O–H groups in total. The third-order valence-corrected chi connectivity index (χ3v) is 5.41. The van der Waals surface area contributed by atoms with E-state index in [0.29, 0.717) is 11.5 Å². The van der Waals surface area contributed by atoms with Gasteiger partial charge in [-0.05, 0) is 37.8 Å². The average Bonchev–Trinajstić information content (AvgIpc) is 2.74. The molecule has 1 saturated carbocycles. The van der Waals surface area contributed by atoms with Crippen molar-refractivity contribution in [2.75, 3.05) is 0 Å². The van der Waals surface area contributed by atoms with E-state index in [4.69, 9.17) is 4.98 Å². The molecule has 1 aliphatic carbocycles. The molecule has 142 valence electrons. The SMILES string of the molecule is Cc1ccc(-c2cc(C(=O)NN=CC3CCCCC3)c3ccccc3n2)cc1. The molecule has 4 heteroatoms. The molecule has 0 aliphatic heterocycles. The number of hydrogen-bond acceptors (Lipinski definition) is 3. The number of fused-ring (bicyclic) bond motifs is 1. The fraction of sp³-hybridized carbons (Fsp3) is 0.292. The van der Waals surface area contributed by atoms with Crippen molar-refractivity contribution >= 4 is 23.0 Å². The van der Waals surface area contributed by atoms with Crippen molar-refractivity contribution in [1.82, 2.24) is 10.4 Å². The summed E-state index contributed by atoms with van der Waals surface area (Å²) in [6.07, 6.45) is 8.03. The molecule has 0 unspecified atom stereocenters. The van der Waals surface area contributed by atoms with E-state index in [1.807, 2.05) is 48.7 Å². The fourth-order valence-electron chi connectivity index (χ4n) is 3.78. The van der Waals surface area contributed by atoms with Crippen LogP contribution >= 0.6 is 0 Å². The second kappa shape index (κ2) is 8.34. The number of nitrogens with zero attached hydrogens (tertiary/aromatic N) is 2. The molecule has 1 amide bonds. The molecule has 0 radical (unpaired) electrons. The minimum Gasteiger partial charge on any atom is -0.267 e. The monoisotopic (exact) mass is 371 g/mol. The van der Waals surface area contributed by atoms with Crippen LogP contribution in [0.1, 0.15) is 48.0 Å². The number of hydrazone groups is 1. The number of amides is 1. The van der Waals surface area contributed by atoms with Gasteiger partial charge in [-0.1, -0.05) is 67.3 Å². The van der Waals surface area contributed by atoms with Crippen molar-refractivity contribution in [2.24, 2.45) is 11.0 Å². The van der Waals surface area contributed by atoms with Crippen LogP contribution < -0.4 is 5.43 Å². The second-order valence-electron chi connectivity index (χ2n) is 7.56. The summed E-state index contributed by atoms with van der Waals surface area (Å²) in [5, 5.41) is 5.08. The van der Waals surface area contributed by atoms with Crippen LogP contribution in [0, 0.1) is 12.8 Å². The Morgan fingerprint density at radius 2 is 1.82 bits per heavy atom. The first-order valence-corrected chi connectivity index (χ1v) is 10.0. The van der Waals surface area contributed by atoms with Crippen LogP contribution in [0.15, 0.2) is 59.7 Å². The van der Waals surface area contributed by atoms with Gasteiger partial charge in [0.1, 0.15) is 0 Å². The lowest BCUT2D eigenvalue weighted by Gasteiger charge is -2.16. The zero-order valence-electron chi connectivity index (χ0n) is 16.2. The van der Waals surface area contributed by atoms with Crippen molar-refractivity contribution in [1.29, 1.82) is 0 Å². The Kier molecular flexibility index (Phi) is 5.47. The Hall–Kier alpha value is -3.01. The molecule has 28 heavy (non-hydrogen) atoms. The second-order valence-corrected chi connectivity index (χ2v) is 7.56. The van der Waals surface area contributed by atoms with Gasteiger partial charge in [0.05, 0.1) is 16.8 Å². The highest BCUT2D eigenvalue weighted by Gasteiger charge is 2.14. The summed E-state index contributed by atoms with van der Waals surface area (Å²) in [6.45, 7) is 2.06. The van der Waals surface area contributed by atoms with Gasteiger partial charge in [0.25, 0.3) is 5.91 Å². The van der Waals surface area contributed by atoms with Crippen molar-refractivity contribution < 1.29 is 4.79 Å². The molecule has 1 aromatic heterocycles. The summed E-state index contributed by atoms with van der Waals surface area (Å²) < 4.78 is 0. The van der Waals surface area contributed by atoms with E-state index >= 15 is 0 Å². The van der Waals surface area contributed by atoms with Gasteiger partial charge in [-0.25, -0.2) is 10.4 Å². The number of aromatic nitrogens is 1. The molecule has 4 rings (SSSR count). The summed E-state index contributed by atoms with van der Waals surface area (Å²) >= 11 is 0. The van der Waals surface area contributed by atoms with Gasteiger partial charge in [0.2, 0.25) is 0 Å². The lowest BCUT2D eigenvalue weighted by molar-refractivity contribution is 0.0956. The fourth-order valence-corrected chi connectivity index (χ4v) is 3.78. The van der Waals surface area contributed by atoms with E-state index in [1.165, 1.54) is 24.8 Å². The number of nitrogens with one attached hydrogen (secondary N) is 1. The van der Waals surface area contributed by atoms with Gasteiger partial charge < -0.3 is 0 Å². The number of benzene rings is 2. The van der Waals surface area contributed by atoms with Crippen LogP contribution in [0.25, 0.3) is 22.2 Å². The summed E-state index contributed by atoms with van der Waals surface area (Å²) in [4.78, 5) is 17.6. The molecule has 1 fully saturated rings. The number of rotatable bonds is 4. The van der Waals surface area contributed by atoms with Crippen LogP contribution in [0.2, 0.25) is 0 Å². The summed E-state index contributed by atoms with van der Waals surface area (Å²) in [5.74, 6) is 0.283. The first-order valence-electron chi connectivity index (χ1n) is 10.0. The Labute approximate surface area is 165 Å². The normalized spacial score (nSPS) is 15.2. The molecule has 0 bridgehead atoms. The van der Waals surface area contributed by atoms with E-state index in [0.717, 1.165) is 35.0 Å². The average molecular weight is 371 g/mol. The highest BCUT2D eigenvalue weighted by molar-refractivity contribution is 6.07. The molecule has 0 atom stereocenters. The minimum atomic E-state index is -0.195. The highest BCUT2D eigenvalue weighted by Crippen LogP contribution is 2.25. The Balaban J connectivity index is 1.63. The van der Waals surface area contributed by atoms with Crippen molar-refractivity contribution in [3.63, 3.8) is 0 Å².